The number of hydrogen-bond acceptors (Lipinski definition) is 4. The van der Waals surface area contributed by atoms with Crippen LogP contribution in [0.2, 0.25) is 10.0 Å². The molecular formula is C13H9Cl2N3O2S. The predicted molar refractivity (Wildman–Crippen MR) is 82.2 cm³/mol. The average Bonchev–Trinajstić information content (AvgIpc) is 2.46. The lowest BCUT2D eigenvalue weighted by Crippen LogP contribution is -2.39. The third-order valence-corrected chi connectivity index (χ3v) is 5.01. The van der Waals surface area contributed by atoms with Crippen LogP contribution in [0.3, 0.4) is 0 Å². The van der Waals surface area contributed by atoms with Crippen molar-refractivity contribution in [2.24, 2.45) is 14.1 Å². The van der Waals surface area contributed by atoms with Crippen molar-refractivity contribution in [1.29, 1.82) is 5.26 Å². The largest absolute Gasteiger partial charge is 0.331 e. The van der Waals surface area contributed by atoms with E-state index < -0.39 is 11.2 Å². The first-order chi connectivity index (χ1) is 9.88. The van der Waals surface area contributed by atoms with Gasteiger partial charge in [0, 0.05) is 14.1 Å². The van der Waals surface area contributed by atoms with E-state index in [0.717, 1.165) is 16.3 Å². The van der Waals surface area contributed by atoms with E-state index in [2.05, 4.69) is 0 Å². The third-order valence-electron chi connectivity index (χ3n) is 2.84. The molecule has 0 saturated carbocycles. The molecular weight excluding hydrogens is 333 g/mol. The number of nitriles is 1. The minimum Gasteiger partial charge on any atom is -0.290 e. The van der Waals surface area contributed by atoms with Crippen LogP contribution in [-0.2, 0) is 14.1 Å². The van der Waals surface area contributed by atoms with Crippen LogP contribution in [0.4, 0.5) is 0 Å². The van der Waals surface area contributed by atoms with E-state index in [-0.39, 0.29) is 10.6 Å². The molecule has 0 aliphatic rings. The highest BCUT2D eigenvalue weighted by Gasteiger charge is 2.18. The Hall–Kier alpha value is -1.68. The summed E-state index contributed by atoms with van der Waals surface area (Å²) in [6.07, 6.45) is 0. The lowest BCUT2D eigenvalue weighted by atomic mass is 10.3. The molecule has 0 unspecified atom stereocenters. The monoisotopic (exact) mass is 341 g/mol. The van der Waals surface area contributed by atoms with Crippen LogP contribution in [0.25, 0.3) is 0 Å². The van der Waals surface area contributed by atoms with Gasteiger partial charge in [0.15, 0.2) is 0 Å². The first kappa shape index (κ1) is 15.7. The fourth-order valence-corrected chi connectivity index (χ4v) is 3.32. The molecule has 5 nitrogen and oxygen atoms in total. The minimum absolute atomic E-state index is 0.124. The summed E-state index contributed by atoms with van der Waals surface area (Å²) >= 11 is 13.2. The second-order valence-electron chi connectivity index (χ2n) is 4.15. The molecule has 0 N–H and O–H groups in total. The lowest BCUT2D eigenvalue weighted by Gasteiger charge is -2.12. The van der Waals surface area contributed by atoms with Crippen molar-refractivity contribution in [2.45, 2.75) is 9.92 Å². The molecule has 0 spiro atoms. The van der Waals surface area contributed by atoms with Gasteiger partial charge in [-0.25, -0.2) is 4.79 Å². The summed E-state index contributed by atoms with van der Waals surface area (Å²) in [5, 5.41) is 10.2. The van der Waals surface area contributed by atoms with Crippen molar-refractivity contribution in [3.8, 4) is 6.07 Å². The van der Waals surface area contributed by atoms with E-state index in [9.17, 15) is 14.9 Å². The van der Waals surface area contributed by atoms with E-state index >= 15 is 0 Å². The van der Waals surface area contributed by atoms with Crippen LogP contribution in [0.1, 0.15) is 5.56 Å². The van der Waals surface area contributed by atoms with Crippen molar-refractivity contribution in [1.82, 2.24) is 9.13 Å². The van der Waals surface area contributed by atoms with Crippen molar-refractivity contribution in [3.63, 3.8) is 0 Å². The van der Waals surface area contributed by atoms with Crippen LogP contribution in [0, 0.1) is 11.3 Å². The van der Waals surface area contributed by atoms with E-state index in [0.29, 0.717) is 14.9 Å². The van der Waals surface area contributed by atoms with Gasteiger partial charge in [-0.2, -0.15) is 5.26 Å². The van der Waals surface area contributed by atoms with Gasteiger partial charge in [0.05, 0.1) is 14.9 Å². The van der Waals surface area contributed by atoms with E-state index in [1.807, 2.05) is 6.07 Å². The third kappa shape index (κ3) is 2.72. The molecule has 0 fully saturated rings. The molecule has 0 radical (unpaired) electrons. The topological polar surface area (TPSA) is 67.8 Å². The van der Waals surface area contributed by atoms with Crippen LogP contribution >= 0.6 is 35.0 Å². The van der Waals surface area contributed by atoms with E-state index in [1.54, 1.807) is 18.2 Å². The Morgan fingerprint density at radius 1 is 1.14 bits per heavy atom. The Labute approximate surface area is 134 Å². The number of aromatic nitrogens is 2. The SMILES string of the molecule is Cn1c(Sc2c(Cl)cccc2Cl)c(C#N)c(=O)n(C)c1=O. The highest BCUT2D eigenvalue weighted by molar-refractivity contribution is 7.99. The van der Waals surface area contributed by atoms with Crippen LogP contribution in [-0.4, -0.2) is 9.13 Å². The summed E-state index contributed by atoms with van der Waals surface area (Å²) in [5.74, 6) is 0. The van der Waals surface area contributed by atoms with Gasteiger partial charge < -0.3 is 0 Å². The molecule has 1 heterocycles. The number of nitrogens with zero attached hydrogens (tertiary/aromatic N) is 3. The molecule has 0 bridgehead atoms. The molecule has 1 aromatic heterocycles. The normalized spacial score (nSPS) is 10.4. The molecule has 0 amide bonds. The number of hydrogen-bond donors (Lipinski definition) is 0. The van der Waals surface area contributed by atoms with Crippen LogP contribution < -0.4 is 11.2 Å². The van der Waals surface area contributed by atoms with Crippen molar-refractivity contribution in [3.05, 3.63) is 54.6 Å². The minimum atomic E-state index is -0.647. The predicted octanol–water partition coefficient (Wildman–Crippen LogP) is 2.41. The van der Waals surface area contributed by atoms with Gasteiger partial charge in [-0.15, -0.1) is 0 Å². The highest BCUT2D eigenvalue weighted by Crippen LogP contribution is 2.38. The van der Waals surface area contributed by atoms with Gasteiger partial charge in [-0.3, -0.25) is 13.9 Å². The zero-order chi connectivity index (χ0) is 15.7. The highest BCUT2D eigenvalue weighted by atomic mass is 35.5. The summed E-state index contributed by atoms with van der Waals surface area (Å²) in [4.78, 5) is 24.5. The van der Waals surface area contributed by atoms with Crippen LogP contribution in [0.5, 0.6) is 0 Å². The summed E-state index contributed by atoms with van der Waals surface area (Å²) < 4.78 is 2.11. The summed E-state index contributed by atoms with van der Waals surface area (Å²) in [6.45, 7) is 0. The fraction of sp³-hybridized carbons (Fsp3) is 0.154. The Morgan fingerprint density at radius 3 is 2.24 bits per heavy atom. The zero-order valence-electron chi connectivity index (χ0n) is 11.1. The van der Waals surface area contributed by atoms with Gasteiger partial charge >= 0.3 is 5.69 Å². The molecule has 2 aromatic rings. The molecule has 0 atom stereocenters. The second-order valence-corrected chi connectivity index (χ2v) is 5.96. The van der Waals surface area contributed by atoms with Crippen molar-refractivity contribution in [2.75, 3.05) is 0 Å². The quantitative estimate of drug-likeness (QED) is 0.786. The number of halogens is 2. The van der Waals surface area contributed by atoms with Gasteiger partial charge in [0.2, 0.25) is 0 Å². The summed E-state index contributed by atoms with van der Waals surface area (Å²) in [7, 11) is 2.80. The average molecular weight is 342 g/mol. The second kappa shape index (κ2) is 5.98. The molecule has 108 valence electrons. The molecule has 1 aromatic carbocycles. The first-order valence-electron chi connectivity index (χ1n) is 5.70. The maximum Gasteiger partial charge on any atom is 0.331 e. The van der Waals surface area contributed by atoms with Gasteiger partial charge in [-0.1, -0.05) is 41.0 Å². The Morgan fingerprint density at radius 2 is 1.71 bits per heavy atom. The Bertz CT molecular complexity index is 860. The van der Waals surface area contributed by atoms with Gasteiger partial charge in [0.25, 0.3) is 5.56 Å². The van der Waals surface area contributed by atoms with Gasteiger partial charge in [-0.05, 0) is 12.1 Å². The molecule has 0 aliphatic heterocycles. The number of rotatable bonds is 2. The number of benzene rings is 1. The van der Waals surface area contributed by atoms with Crippen LogP contribution in [0.15, 0.2) is 37.7 Å². The Kier molecular flexibility index (Phi) is 4.47. The first-order valence-corrected chi connectivity index (χ1v) is 7.27. The summed E-state index contributed by atoms with van der Waals surface area (Å²) in [5.41, 5.74) is -1.29. The maximum atomic E-state index is 12.0. The summed E-state index contributed by atoms with van der Waals surface area (Å²) in [6, 6.07) is 6.80. The molecule has 2 rings (SSSR count). The van der Waals surface area contributed by atoms with Crippen molar-refractivity contribution >= 4 is 35.0 Å². The fourth-order valence-electron chi connectivity index (χ4n) is 1.72. The Balaban J connectivity index is 2.75. The van der Waals surface area contributed by atoms with Crippen molar-refractivity contribution < 1.29 is 0 Å². The molecule has 8 heteroatoms. The standard InChI is InChI=1S/C13H9Cl2N3O2S/c1-17-11(19)7(6-16)12(18(2)13(17)20)21-10-8(14)4-3-5-9(10)15/h3-5H,1-2H3. The maximum absolute atomic E-state index is 12.0. The lowest BCUT2D eigenvalue weighted by molar-refractivity contribution is 0.631. The van der Waals surface area contributed by atoms with E-state index in [1.165, 1.54) is 18.7 Å². The zero-order valence-corrected chi connectivity index (χ0v) is 13.4. The van der Waals surface area contributed by atoms with Gasteiger partial charge in [0.1, 0.15) is 16.7 Å². The smallest absolute Gasteiger partial charge is 0.290 e. The molecule has 0 saturated heterocycles. The van der Waals surface area contributed by atoms with E-state index in [4.69, 9.17) is 23.2 Å². The molecule has 0 aliphatic carbocycles. The molecule has 21 heavy (non-hydrogen) atoms.